The molecule has 0 radical (unpaired) electrons. The molecule has 0 saturated carbocycles. The van der Waals surface area contributed by atoms with E-state index in [1.54, 1.807) is 13.3 Å². The van der Waals surface area contributed by atoms with E-state index in [0.29, 0.717) is 11.2 Å². The van der Waals surface area contributed by atoms with Gasteiger partial charge in [-0.25, -0.2) is 0 Å². The van der Waals surface area contributed by atoms with Crippen LogP contribution in [0.5, 0.6) is 5.75 Å². The maximum absolute atomic E-state index is 5.06. The minimum Gasteiger partial charge on any atom is -0.497 e. The Kier molecular flexibility index (Phi) is 5.42. The lowest BCUT2D eigenvalue weighted by molar-refractivity contribution is 0.415. The van der Waals surface area contributed by atoms with Gasteiger partial charge in [-0.05, 0) is 55.9 Å². The van der Waals surface area contributed by atoms with Crippen molar-refractivity contribution in [1.29, 1.82) is 0 Å². The molecule has 2 N–H and O–H groups in total. The van der Waals surface area contributed by atoms with Crippen molar-refractivity contribution in [2.24, 2.45) is 5.10 Å². The Morgan fingerprint density at radius 3 is 2.53 bits per heavy atom. The molecule has 0 atom stereocenters. The van der Waals surface area contributed by atoms with Crippen molar-refractivity contribution < 1.29 is 4.74 Å². The van der Waals surface area contributed by atoms with Crippen molar-refractivity contribution in [2.45, 2.75) is 19.9 Å². The maximum atomic E-state index is 5.06. The maximum Gasteiger partial charge on any atom is 0.187 e. The first-order chi connectivity index (χ1) is 8.11. The van der Waals surface area contributed by atoms with Crippen LogP contribution < -0.4 is 15.5 Å². The van der Waals surface area contributed by atoms with Crippen molar-refractivity contribution in [2.75, 3.05) is 7.11 Å². The SMILES string of the molecule is COc1ccc(C=NNC(=S)NC(C)C)cc1. The first kappa shape index (κ1) is 13.4. The lowest BCUT2D eigenvalue weighted by Crippen LogP contribution is -2.36. The predicted octanol–water partition coefficient (Wildman–Crippen LogP) is 1.90. The van der Waals surface area contributed by atoms with E-state index < -0.39 is 0 Å². The Labute approximate surface area is 107 Å². The molecule has 4 nitrogen and oxygen atoms in total. The minimum atomic E-state index is 0.297. The molecule has 0 aliphatic heterocycles. The fourth-order valence-electron chi connectivity index (χ4n) is 1.15. The minimum absolute atomic E-state index is 0.297. The normalized spacial score (nSPS) is 10.6. The molecule has 1 aromatic rings. The van der Waals surface area contributed by atoms with E-state index in [1.165, 1.54) is 0 Å². The van der Waals surface area contributed by atoms with Crippen LogP contribution in [0.4, 0.5) is 0 Å². The molecule has 0 aromatic heterocycles. The van der Waals surface area contributed by atoms with E-state index >= 15 is 0 Å². The molecule has 0 amide bonds. The van der Waals surface area contributed by atoms with Gasteiger partial charge in [-0.1, -0.05) is 0 Å². The number of nitrogens with one attached hydrogen (secondary N) is 2. The van der Waals surface area contributed by atoms with Gasteiger partial charge in [0, 0.05) is 6.04 Å². The van der Waals surface area contributed by atoms with Gasteiger partial charge in [-0.3, -0.25) is 5.43 Å². The summed E-state index contributed by atoms with van der Waals surface area (Å²) in [5.41, 5.74) is 3.73. The van der Waals surface area contributed by atoms with Crippen molar-refractivity contribution >= 4 is 23.5 Å². The molecule has 0 aliphatic carbocycles. The van der Waals surface area contributed by atoms with Crippen molar-refractivity contribution in [1.82, 2.24) is 10.7 Å². The first-order valence-electron chi connectivity index (χ1n) is 5.35. The summed E-state index contributed by atoms with van der Waals surface area (Å²) >= 11 is 5.03. The number of thiocarbonyl (C=S) groups is 1. The summed E-state index contributed by atoms with van der Waals surface area (Å²) in [6.07, 6.45) is 1.70. The summed E-state index contributed by atoms with van der Waals surface area (Å²) in [6.45, 7) is 4.03. The van der Waals surface area contributed by atoms with Gasteiger partial charge in [0.1, 0.15) is 5.75 Å². The number of ether oxygens (including phenoxy) is 1. The second-order valence-corrected chi connectivity index (χ2v) is 4.18. The molecule has 1 rings (SSSR count). The summed E-state index contributed by atoms with van der Waals surface area (Å²) in [7, 11) is 1.64. The zero-order valence-electron chi connectivity index (χ0n) is 10.2. The van der Waals surface area contributed by atoms with Crippen molar-refractivity contribution in [3.63, 3.8) is 0 Å². The zero-order valence-corrected chi connectivity index (χ0v) is 11.0. The third-order valence-corrected chi connectivity index (χ3v) is 2.12. The molecular weight excluding hydrogens is 234 g/mol. The van der Waals surface area contributed by atoms with Gasteiger partial charge in [0.05, 0.1) is 13.3 Å². The quantitative estimate of drug-likeness (QED) is 0.487. The summed E-state index contributed by atoms with van der Waals surface area (Å²) < 4.78 is 5.06. The predicted molar refractivity (Wildman–Crippen MR) is 74.6 cm³/mol. The van der Waals surface area contributed by atoms with Gasteiger partial charge in [-0.2, -0.15) is 5.10 Å². The average Bonchev–Trinajstić information content (AvgIpc) is 2.29. The molecule has 0 bridgehead atoms. The summed E-state index contributed by atoms with van der Waals surface area (Å²) in [5, 5.41) is 7.58. The molecule has 0 saturated heterocycles. The van der Waals surface area contributed by atoms with E-state index in [1.807, 2.05) is 38.1 Å². The fourth-order valence-corrected chi connectivity index (χ4v) is 1.44. The van der Waals surface area contributed by atoms with Crippen LogP contribution in [0.15, 0.2) is 29.4 Å². The standard InChI is InChI=1S/C12H17N3OS/c1-9(2)14-12(17)15-13-8-10-4-6-11(16-3)7-5-10/h4-9H,1-3H3,(H2,14,15,17). The highest BCUT2D eigenvalue weighted by Crippen LogP contribution is 2.09. The highest BCUT2D eigenvalue weighted by Gasteiger charge is 1.95. The third-order valence-electron chi connectivity index (χ3n) is 1.92. The molecule has 17 heavy (non-hydrogen) atoms. The van der Waals surface area contributed by atoms with Crippen LogP contribution in [-0.4, -0.2) is 24.5 Å². The number of benzene rings is 1. The lowest BCUT2D eigenvalue weighted by atomic mass is 10.2. The van der Waals surface area contributed by atoms with Crippen LogP contribution in [-0.2, 0) is 0 Å². The largest absolute Gasteiger partial charge is 0.497 e. The number of methoxy groups -OCH3 is 1. The first-order valence-corrected chi connectivity index (χ1v) is 5.76. The molecule has 1 aromatic carbocycles. The van der Waals surface area contributed by atoms with Gasteiger partial charge in [0.15, 0.2) is 5.11 Å². The van der Waals surface area contributed by atoms with Crippen LogP contribution >= 0.6 is 12.2 Å². The summed E-state index contributed by atoms with van der Waals surface area (Å²) in [4.78, 5) is 0. The lowest BCUT2D eigenvalue weighted by Gasteiger charge is -2.09. The van der Waals surface area contributed by atoms with E-state index in [4.69, 9.17) is 17.0 Å². The zero-order chi connectivity index (χ0) is 12.7. The number of hydrazone groups is 1. The third kappa shape index (κ3) is 5.31. The van der Waals surface area contributed by atoms with Crippen LogP contribution in [0.3, 0.4) is 0 Å². The van der Waals surface area contributed by atoms with Gasteiger partial charge in [-0.15, -0.1) is 0 Å². The monoisotopic (exact) mass is 251 g/mol. The molecular formula is C12H17N3OS. The van der Waals surface area contributed by atoms with Crippen LogP contribution in [0, 0.1) is 0 Å². The molecule has 0 heterocycles. The van der Waals surface area contributed by atoms with Gasteiger partial charge in [0.2, 0.25) is 0 Å². The van der Waals surface area contributed by atoms with E-state index in [2.05, 4.69) is 15.8 Å². The topological polar surface area (TPSA) is 45.6 Å². The van der Waals surface area contributed by atoms with Gasteiger partial charge >= 0.3 is 0 Å². The van der Waals surface area contributed by atoms with Crippen LogP contribution in [0.1, 0.15) is 19.4 Å². The Bertz CT molecular complexity index is 387. The van der Waals surface area contributed by atoms with E-state index in [-0.39, 0.29) is 0 Å². The summed E-state index contributed by atoms with van der Waals surface area (Å²) in [5.74, 6) is 0.826. The Morgan fingerprint density at radius 1 is 1.35 bits per heavy atom. The molecule has 92 valence electrons. The molecule has 0 spiro atoms. The highest BCUT2D eigenvalue weighted by atomic mass is 32.1. The molecule has 0 aliphatic rings. The molecule has 5 heteroatoms. The van der Waals surface area contributed by atoms with E-state index in [9.17, 15) is 0 Å². The summed E-state index contributed by atoms with van der Waals surface area (Å²) in [6, 6.07) is 7.90. The van der Waals surface area contributed by atoms with E-state index in [0.717, 1.165) is 11.3 Å². The average molecular weight is 251 g/mol. The second kappa shape index (κ2) is 6.85. The second-order valence-electron chi connectivity index (χ2n) is 3.77. The smallest absolute Gasteiger partial charge is 0.187 e. The fraction of sp³-hybridized carbons (Fsp3) is 0.333. The Balaban J connectivity index is 2.45. The highest BCUT2D eigenvalue weighted by molar-refractivity contribution is 7.80. The number of hydrogen-bond donors (Lipinski definition) is 2. The van der Waals surface area contributed by atoms with Crippen LogP contribution in [0.25, 0.3) is 0 Å². The van der Waals surface area contributed by atoms with Gasteiger partial charge in [0.25, 0.3) is 0 Å². The molecule has 0 unspecified atom stereocenters. The number of nitrogens with zero attached hydrogens (tertiary/aromatic N) is 1. The van der Waals surface area contributed by atoms with Crippen LogP contribution in [0.2, 0.25) is 0 Å². The van der Waals surface area contributed by atoms with Crippen molar-refractivity contribution in [3.05, 3.63) is 29.8 Å². The van der Waals surface area contributed by atoms with Gasteiger partial charge < -0.3 is 10.1 Å². The Hall–Kier alpha value is -1.62. The number of rotatable bonds is 4. The number of hydrogen-bond acceptors (Lipinski definition) is 3. The molecule has 0 fully saturated rings. The Morgan fingerprint density at radius 2 is 2.00 bits per heavy atom. The van der Waals surface area contributed by atoms with Crippen molar-refractivity contribution in [3.8, 4) is 5.75 Å².